The van der Waals surface area contributed by atoms with Crippen LogP contribution in [0.2, 0.25) is 0 Å². The third-order valence-corrected chi connectivity index (χ3v) is 3.80. The average Bonchev–Trinajstić information content (AvgIpc) is 3.02. The molecule has 0 radical (unpaired) electrons. The number of amidine groups is 1. The Morgan fingerprint density at radius 2 is 1.89 bits per heavy atom. The van der Waals surface area contributed by atoms with Crippen LogP contribution in [0.3, 0.4) is 0 Å². The number of nitrogens with zero attached hydrogens (tertiary/aromatic N) is 2. The molecule has 9 heteroatoms. The van der Waals surface area contributed by atoms with Crippen molar-refractivity contribution >= 4 is 47.4 Å². The van der Waals surface area contributed by atoms with E-state index < -0.39 is 0 Å². The maximum Gasteiger partial charge on any atom is 0.327 e. The third kappa shape index (κ3) is 4.42. The summed E-state index contributed by atoms with van der Waals surface area (Å²) in [6, 6.07) is 14.0. The van der Waals surface area contributed by atoms with Gasteiger partial charge in [0.25, 0.3) is 0 Å². The molecule has 0 bridgehead atoms. The predicted molar refractivity (Wildman–Crippen MR) is 107 cm³/mol. The Morgan fingerprint density at radius 1 is 1.19 bits per heavy atom. The van der Waals surface area contributed by atoms with Gasteiger partial charge in [-0.25, -0.2) is 14.3 Å². The van der Waals surface area contributed by atoms with Crippen molar-refractivity contribution in [3.63, 3.8) is 0 Å². The lowest BCUT2D eigenvalue weighted by Crippen LogP contribution is -2.31. The number of benzene rings is 2. The van der Waals surface area contributed by atoms with Crippen LogP contribution < -0.4 is 16.4 Å². The van der Waals surface area contributed by atoms with Gasteiger partial charge in [-0.15, -0.1) is 12.4 Å². The summed E-state index contributed by atoms with van der Waals surface area (Å²) in [4.78, 5) is 27.8. The number of para-hydroxylation sites is 2. The van der Waals surface area contributed by atoms with Crippen molar-refractivity contribution in [2.75, 3.05) is 11.9 Å². The molecule has 1 heterocycles. The zero-order chi connectivity index (χ0) is 18.5. The van der Waals surface area contributed by atoms with E-state index in [4.69, 9.17) is 11.1 Å². The number of amides is 2. The van der Waals surface area contributed by atoms with Crippen LogP contribution in [0, 0.1) is 5.41 Å². The van der Waals surface area contributed by atoms with Gasteiger partial charge in [-0.1, -0.05) is 12.1 Å². The summed E-state index contributed by atoms with van der Waals surface area (Å²) < 4.78 is 1.50. The van der Waals surface area contributed by atoms with Crippen LogP contribution in [0.5, 0.6) is 0 Å². The van der Waals surface area contributed by atoms with Crippen molar-refractivity contribution in [2.24, 2.45) is 5.73 Å². The number of nitrogens with one attached hydrogen (secondary N) is 3. The molecule has 0 aliphatic carbocycles. The summed E-state index contributed by atoms with van der Waals surface area (Å²) in [5.74, 6) is 0.503. The molecule has 0 fully saturated rings. The van der Waals surface area contributed by atoms with Gasteiger partial charge in [0.1, 0.15) is 5.82 Å². The van der Waals surface area contributed by atoms with E-state index in [0.29, 0.717) is 29.0 Å². The number of carbonyl (C=O) groups is 2. The van der Waals surface area contributed by atoms with Gasteiger partial charge in [-0.3, -0.25) is 10.2 Å². The standard InChI is InChI=1S/C18H18N6O2.ClH/c19-16(20)9-10-21-18(26)24-15-4-2-1-3-14(15)23-17(24)12-5-7-13(8-6-12)22-11-25;/h1-8,11H,9-10H2,(H3,19,20)(H,21,26)(H,22,25);1H. The van der Waals surface area contributed by atoms with Crippen molar-refractivity contribution in [3.8, 4) is 11.4 Å². The van der Waals surface area contributed by atoms with Crippen molar-refractivity contribution < 1.29 is 9.59 Å². The fourth-order valence-electron chi connectivity index (χ4n) is 2.59. The Bertz CT molecular complexity index is 968. The second-order valence-corrected chi connectivity index (χ2v) is 5.61. The minimum absolute atomic E-state index is 0. The van der Waals surface area contributed by atoms with E-state index in [2.05, 4.69) is 15.6 Å². The molecule has 2 amide bonds. The average molecular weight is 387 g/mol. The first kappa shape index (κ1) is 19.9. The highest BCUT2D eigenvalue weighted by atomic mass is 35.5. The summed E-state index contributed by atoms with van der Waals surface area (Å²) in [7, 11) is 0. The van der Waals surface area contributed by atoms with Crippen molar-refractivity contribution in [1.29, 1.82) is 5.41 Å². The van der Waals surface area contributed by atoms with Gasteiger partial charge < -0.3 is 16.4 Å². The highest BCUT2D eigenvalue weighted by Crippen LogP contribution is 2.25. The molecule has 140 valence electrons. The first-order valence-corrected chi connectivity index (χ1v) is 7.99. The van der Waals surface area contributed by atoms with Crippen LogP contribution >= 0.6 is 12.4 Å². The molecule has 5 N–H and O–H groups in total. The first-order chi connectivity index (χ1) is 12.6. The molecular formula is C18H19ClN6O2. The lowest BCUT2D eigenvalue weighted by atomic mass is 10.2. The van der Waals surface area contributed by atoms with Crippen LogP contribution in [0.25, 0.3) is 22.4 Å². The van der Waals surface area contributed by atoms with Crippen LogP contribution in [0.1, 0.15) is 6.42 Å². The number of carbonyl (C=O) groups excluding carboxylic acids is 2. The lowest BCUT2D eigenvalue weighted by Gasteiger charge is -2.10. The van der Waals surface area contributed by atoms with E-state index in [1.807, 2.05) is 24.3 Å². The summed E-state index contributed by atoms with van der Waals surface area (Å²) >= 11 is 0. The number of anilines is 1. The number of hydrogen-bond acceptors (Lipinski definition) is 4. The quantitative estimate of drug-likeness (QED) is 0.295. The summed E-state index contributed by atoms with van der Waals surface area (Å²) in [5, 5.41) is 12.6. The number of halogens is 1. The van der Waals surface area contributed by atoms with Gasteiger partial charge in [0, 0.05) is 24.2 Å². The predicted octanol–water partition coefficient (Wildman–Crippen LogP) is 2.58. The molecule has 2 aromatic carbocycles. The number of aromatic nitrogens is 2. The topological polar surface area (TPSA) is 126 Å². The van der Waals surface area contributed by atoms with Gasteiger partial charge >= 0.3 is 6.03 Å². The van der Waals surface area contributed by atoms with Crippen molar-refractivity contribution in [1.82, 2.24) is 14.9 Å². The third-order valence-electron chi connectivity index (χ3n) is 3.80. The molecule has 0 saturated heterocycles. The molecule has 0 aliphatic rings. The fourth-order valence-corrected chi connectivity index (χ4v) is 2.59. The maximum atomic E-state index is 12.7. The zero-order valence-corrected chi connectivity index (χ0v) is 15.1. The molecule has 0 unspecified atom stereocenters. The molecule has 1 aromatic heterocycles. The second-order valence-electron chi connectivity index (χ2n) is 5.61. The molecule has 27 heavy (non-hydrogen) atoms. The van der Waals surface area contributed by atoms with Gasteiger partial charge in [-0.05, 0) is 36.4 Å². The highest BCUT2D eigenvalue weighted by molar-refractivity contribution is 5.94. The van der Waals surface area contributed by atoms with Crippen molar-refractivity contribution in [3.05, 3.63) is 48.5 Å². The molecule has 8 nitrogen and oxygen atoms in total. The fraction of sp³-hybridized carbons (Fsp3) is 0.111. The minimum Gasteiger partial charge on any atom is -0.388 e. The molecule has 3 rings (SSSR count). The molecule has 3 aromatic rings. The molecular weight excluding hydrogens is 368 g/mol. The molecule has 0 saturated carbocycles. The summed E-state index contributed by atoms with van der Waals surface area (Å²) in [6.45, 7) is 0.266. The van der Waals surface area contributed by atoms with E-state index in [-0.39, 0.29) is 37.2 Å². The molecule has 0 aliphatic heterocycles. The normalized spacial score (nSPS) is 10.1. The lowest BCUT2D eigenvalue weighted by molar-refractivity contribution is -0.105. The summed E-state index contributed by atoms with van der Waals surface area (Å²) in [5.41, 5.74) is 8.09. The molecule has 0 spiro atoms. The van der Waals surface area contributed by atoms with Gasteiger partial charge in [0.15, 0.2) is 0 Å². The van der Waals surface area contributed by atoms with E-state index in [9.17, 15) is 9.59 Å². The highest BCUT2D eigenvalue weighted by Gasteiger charge is 2.17. The minimum atomic E-state index is -0.343. The Kier molecular flexibility index (Phi) is 6.51. The number of hydrogen-bond donors (Lipinski definition) is 4. The monoisotopic (exact) mass is 386 g/mol. The van der Waals surface area contributed by atoms with Crippen LogP contribution in [-0.2, 0) is 4.79 Å². The SMILES string of the molecule is Cl.N=C(N)CCNC(=O)n1c(-c2ccc(NC=O)cc2)nc2ccccc21. The smallest absolute Gasteiger partial charge is 0.327 e. The van der Waals surface area contributed by atoms with E-state index in [0.717, 1.165) is 5.56 Å². The zero-order valence-electron chi connectivity index (χ0n) is 14.3. The van der Waals surface area contributed by atoms with Gasteiger partial charge in [0.2, 0.25) is 6.41 Å². The number of fused-ring (bicyclic) bond motifs is 1. The van der Waals surface area contributed by atoms with Gasteiger partial charge in [-0.2, -0.15) is 0 Å². The Morgan fingerprint density at radius 3 is 2.56 bits per heavy atom. The number of rotatable bonds is 6. The number of imidazole rings is 1. The number of nitrogens with two attached hydrogens (primary N) is 1. The first-order valence-electron chi connectivity index (χ1n) is 7.99. The van der Waals surface area contributed by atoms with Gasteiger partial charge in [0.05, 0.1) is 16.9 Å². The Balaban J connectivity index is 0.00000261. The summed E-state index contributed by atoms with van der Waals surface area (Å²) in [6.07, 6.45) is 0.881. The van der Waals surface area contributed by atoms with Crippen LogP contribution in [0.4, 0.5) is 10.5 Å². The Labute approximate surface area is 161 Å². The Hall–Kier alpha value is -3.39. The van der Waals surface area contributed by atoms with Crippen LogP contribution in [-0.4, -0.2) is 34.4 Å². The van der Waals surface area contributed by atoms with Crippen LogP contribution in [0.15, 0.2) is 48.5 Å². The maximum absolute atomic E-state index is 12.7. The largest absolute Gasteiger partial charge is 0.388 e. The molecule has 0 atom stereocenters. The van der Waals surface area contributed by atoms with Crippen molar-refractivity contribution in [2.45, 2.75) is 6.42 Å². The van der Waals surface area contributed by atoms with E-state index in [1.165, 1.54) is 4.57 Å². The van der Waals surface area contributed by atoms with E-state index in [1.54, 1.807) is 24.3 Å². The second kappa shape index (κ2) is 8.81. The van der Waals surface area contributed by atoms with E-state index >= 15 is 0 Å².